The predicted molar refractivity (Wildman–Crippen MR) is 101 cm³/mol. The number of nitriles is 1. The van der Waals surface area contributed by atoms with E-state index in [2.05, 4.69) is 11.0 Å². The van der Waals surface area contributed by atoms with E-state index in [0.29, 0.717) is 30.9 Å². The Morgan fingerprint density at radius 1 is 1.19 bits per heavy atom. The normalized spacial score (nSPS) is 16.7. The monoisotopic (exact) mass is 363 g/mol. The van der Waals surface area contributed by atoms with Gasteiger partial charge in [-0.25, -0.2) is 0 Å². The Morgan fingerprint density at radius 3 is 2.70 bits per heavy atom. The maximum absolute atomic E-state index is 10.8. The molecule has 6 heteroatoms. The molecule has 0 bridgehead atoms. The zero-order chi connectivity index (χ0) is 19.0. The maximum atomic E-state index is 10.8. The van der Waals surface area contributed by atoms with E-state index in [-0.39, 0.29) is 0 Å². The summed E-state index contributed by atoms with van der Waals surface area (Å²) in [5.41, 5.74) is 4.23. The Balaban J connectivity index is 1.70. The third kappa shape index (κ3) is 2.91. The minimum Gasteiger partial charge on any atom is -0.496 e. The third-order valence-electron chi connectivity index (χ3n) is 5.13. The number of nitrogens with zero attached hydrogens (tertiary/aromatic N) is 3. The fraction of sp³-hybridized carbons (Fsp3) is 0.286. The van der Waals surface area contributed by atoms with Gasteiger partial charge in [0.25, 0.3) is 0 Å². The molecule has 0 unspecified atom stereocenters. The number of rotatable bonds is 4. The molecule has 0 aliphatic carbocycles. The van der Waals surface area contributed by atoms with Crippen LogP contribution in [0.1, 0.15) is 28.4 Å². The zero-order valence-electron chi connectivity index (χ0n) is 15.3. The first kappa shape index (κ1) is 17.4. The van der Waals surface area contributed by atoms with Crippen LogP contribution in [-0.4, -0.2) is 35.2 Å². The molecular formula is C21H21N3O3. The second kappa shape index (κ2) is 6.95. The first-order valence-electron chi connectivity index (χ1n) is 8.79. The minimum absolute atomic E-state index is 0.466. The second-order valence-corrected chi connectivity index (χ2v) is 6.68. The average Bonchev–Trinajstić information content (AvgIpc) is 3.03. The average molecular weight is 363 g/mol. The molecule has 1 N–H and O–H groups in total. The summed E-state index contributed by atoms with van der Waals surface area (Å²) in [6.07, 6.45) is 3.24. The highest BCUT2D eigenvalue weighted by molar-refractivity contribution is 5.65. The van der Waals surface area contributed by atoms with Crippen LogP contribution in [0.5, 0.6) is 11.5 Å². The van der Waals surface area contributed by atoms with Crippen molar-refractivity contribution in [2.45, 2.75) is 19.2 Å². The van der Waals surface area contributed by atoms with Gasteiger partial charge in [0.2, 0.25) is 0 Å². The lowest BCUT2D eigenvalue weighted by Crippen LogP contribution is -2.33. The van der Waals surface area contributed by atoms with Crippen LogP contribution >= 0.6 is 0 Å². The summed E-state index contributed by atoms with van der Waals surface area (Å²) in [4.78, 5) is 2.13. The number of ether oxygens (including phenoxy) is 2. The van der Waals surface area contributed by atoms with Gasteiger partial charge in [0.1, 0.15) is 17.6 Å². The van der Waals surface area contributed by atoms with E-state index in [1.807, 2.05) is 47.1 Å². The molecule has 1 aliphatic rings. The van der Waals surface area contributed by atoms with Gasteiger partial charge < -0.3 is 19.0 Å². The predicted octanol–water partition coefficient (Wildman–Crippen LogP) is 2.88. The van der Waals surface area contributed by atoms with Crippen LogP contribution in [-0.2, 0) is 13.1 Å². The highest BCUT2D eigenvalue weighted by Crippen LogP contribution is 2.39. The van der Waals surface area contributed by atoms with E-state index in [1.165, 1.54) is 0 Å². The Bertz CT molecular complexity index is 1040. The van der Waals surface area contributed by atoms with Crippen molar-refractivity contribution in [1.29, 1.82) is 5.26 Å². The lowest BCUT2D eigenvalue weighted by atomic mass is 9.94. The number of aromatic nitrogens is 1. The summed E-state index contributed by atoms with van der Waals surface area (Å²) in [5.74, 6) is 1.40. The van der Waals surface area contributed by atoms with Crippen LogP contribution in [0.25, 0.3) is 5.52 Å². The Kier molecular flexibility index (Phi) is 4.48. The Labute approximate surface area is 157 Å². The molecule has 4 rings (SSSR count). The number of aliphatic hydroxyl groups is 1. The van der Waals surface area contributed by atoms with Gasteiger partial charge in [-0.2, -0.15) is 5.26 Å². The first-order chi connectivity index (χ1) is 13.2. The molecule has 0 saturated carbocycles. The van der Waals surface area contributed by atoms with Crippen molar-refractivity contribution in [1.82, 2.24) is 9.30 Å². The standard InChI is InChI=1S/C21H21N3O3/c1-26-19-6-7-20(27-2)21-16(19)12-23(13-18(21)25)10-14-11-24-8-4-3-5-17(24)15(14)9-22/h3-8,11,18,25H,10,12-13H2,1-2H3/t18-/m1/s1. The van der Waals surface area contributed by atoms with E-state index in [1.54, 1.807) is 14.2 Å². The molecule has 0 saturated heterocycles. The quantitative estimate of drug-likeness (QED) is 0.772. The van der Waals surface area contributed by atoms with Crippen LogP contribution < -0.4 is 9.47 Å². The second-order valence-electron chi connectivity index (χ2n) is 6.68. The maximum Gasteiger partial charge on any atom is 0.125 e. The summed E-state index contributed by atoms with van der Waals surface area (Å²) < 4.78 is 12.9. The topological polar surface area (TPSA) is 70.1 Å². The van der Waals surface area contributed by atoms with Gasteiger partial charge >= 0.3 is 0 Å². The van der Waals surface area contributed by atoms with E-state index >= 15 is 0 Å². The molecule has 1 atom stereocenters. The Hall–Kier alpha value is -3.01. The number of hydrogen-bond donors (Lipinski definition) is 1. The van der Waals surface area contributed by atoms with Gasteiger partial charge in [0.15, 0.2) is 0 Å². The molecule has 0 radical (unpaired) electrons. The first-order valence-corrected chi connectivity index (χ1v) is 8.79. The molecule has 6 nitrogen and oxygen atoms in total. The van der Waals surface area contributed by atoms with Crippen molar-refractivity contribution in [3.05, 3.63) is 65.0 Å². The lowest BCUT2D eigenvalue weighted by Gasteiger charge is -2.33. The van der Waals surface area contributed by atoms with Crippen molar-refractivity contribution in [2.75, 3.05) is 20.8 Å². The number of pyridine rings is 1. The van der Waals surface area contributed by atoms with Gasteiger partial charge in [0.05, 0.1) is 31.4 Å². The summed E-state index contributed by atoms with van der Waals surface area (Å²) in [6.45, 7) is 1.65. The zero-order valence-corrected chi connectivity index (χ0v) is 15.3. The van der Waals surface area contributed by atoms with E-state index < -0.39 is 6.10 Å². The number of fused-ring (bicyclic) bond motifs is 2. The van der Waals surface area contributed by atoms with Gasteiger partial charge in [-0.1, -0.05) is 6.07 Å². The number of hydrogen-bond acceptors (Lipinski definition) is 5. The van der Waals surface area contributed by atoms with Crippen LogP contribution in [0.2, 0.25) is 0 Å². The molecule has 27 heavy (non-hydrogen) atoms. The third-order valence-corrected chi connectivity index (χ3v) is 5.13. The fourth-order valence-corrected chi connectivity index (χ4v) is 3.93. The molecule has 0 fully saturated rings. The molecule has 138 valence electrons. The van der Waals surface area contributed by atoms with Crippen molar-refractivity contribution >= 4 is 5.52 Å². The smallest absolute Gasteiger partial charge is 0.125 e. The molecule has 1 aliphatic heterocycles. The minimum atomic E-state index is -0.679. The summed E-state index contributed by atoms with van der Waals surface area (Å²) in [6, 6.07) is 11.8. The van der Waals surface area contributed by atoms with Gasteiger partial charge in [-0.05, 0) is 24.3 Å². The lowest BCUT2D eigenvalue weighted by molar-refractivity contribution is 0.0843. The summed E-state index contributed by atoms with van der Waals surface area (Å²) in [5, 5.41) is 20.4. The van der Waals surface area contributed by atoms with Crippen LogP contribution in [0.4, 0.5) is 0 Å². The molecule has 3 aromatic rings. The van der Waals surface area contributed by atoms with Crippen LogP contribution in [0, 0.1) is 11.3 Å². The van der Waals surface area contributed by atoms with Crippen LogP contribution in [0.15, 0.2) is 42.7 Å². The van der Waals surface area contributed by atoms with Crippen molar-refractivity contribution in [3.8, 4) is 17.6 Å². The highest BCUT2D eigenvalue weighted by atomic mass is 16.5. The molecular weight excluding hydrogens is 342 g/mol. The highest BCUT2D eigenvalue weighted by Gasteiger charge is 2.30. The van der Waals surface area contributed by atoms with Crippen molar-refractivity contribution in [3.63, 3.8) is 0 Å². The van der Waals surface area contributed by atoms with Crippen LogP contribution in [0.3, 0.4) is 0 Å². The number of methoxy groups -OCH3 is 2. The summed E-state index contributed by atoms with van der Waals surface area (Å²) in [7, 11) is 3.23. The molecule has 0 spiro atoms. The van der Waals surface area contributed by atoms with E-state index in [4.69, 9.17) is 9.47 Å². The summed E-state index contributed by atoms with van der Waals surface area (Å²) >= 11 is 0. The van der Waals surface area contributed by atoms with Crippen molar-refractivity contribution in [2.24, 2.45) is 0 Å². The van der Waals surface area contributed by atoms with E-state index in [0.717, 1.165) is 28.0 Å². The van der Waals surface area contributed by atoms with Gasteiger partial charge in [-0.15, -0.1) is 0 Å². The van der Waals surface area contributed by atoms with Gasteiger partial charge in [0, 0.05) is 48.7 Å². The van der Waals surface area contributed by atoms with Crippen molar-refractivity contribution < 1.29 is 14.6 Å². The SMILES string of the molecule is COc1ccc(OC)c2c1CN(Cc1cn3ccccc3c1C#N)C[C@H]2O. The number of aliphatic hydroxyl groups excluding tert-OH is 1. The number of benzene rings is 1. The molecule has 0 amide bonds. The number of β-amino-alcohol motifs (C(OH)–C–C–N with tert-alkyl or cyclic N) is 1. The Morgan fingerprint density at radius 2 is 1.96 bits per heavy atom. The molecule has 2 aromatic heterocycles. The molecule has 3 heterocycles. The molecule has 1 aromatic carbocycles. The fourth-order valence-electron chi connectivity index (χ4n) is 3.93. The van der Waals surface area contributed by atoms with E-state index in [9.17, 15) is 10.4 Å². The largest absolute Gasteiger partial charge is 0.496 e. The van der Waals surface area contributed by atoms with Gasteiger partial charge in [-0.3, -0.25) is 4.90 Å².